The van der Waals surface area contributed by atoms with Crippen LogP contribution in [-0.4, -0.2) is 28.2 Å². The first-order chi connectivity index (χ1) is 7.79. The zero-order chi connectivity index (χ0) is 13.1. The van der Waals surface area contributed by atoms with Crippen LogP contribution in [0.25, 0.3) is 0 Å². The van der Waals surface area contributed by atoms with Gasteiger partial charge in [-0.1, -0.05) is 34.8 Å². The Morgan fingerprint density at radius 3 is 2.29 bits per heavy atom. The van der Waals surface area contributed by atoms with Crippen molar-refractivity contribution in [3.05, 3.63) is 0 Å². The van der Waals surface area contributed by atoms with Crippen molar-refractivity contribution in [1.82, 2.24) is 0 Å². The van der Waals surface area contributed by atoms with Gasteiger partial charge in [0.05, 0.1) is 0 Å². The number of hydrogen-bond donors (Lipinski definition) is 1. The summed E-state index contributed by atoms with van der Waals surface area (Å²) in [6.45, 7) is 1.29. The van der Waals surface area contributed by atoms with Gasteiger partial charge in [0.15, 0.2) is 0 Å². The first-order valence-electron chi connectivity index (χ1n) is 4.94. The summed E-state index contributed by atoms with van der Waals surface area (Å²) in [5, 5.41) is 7.38. The van der Waals surface area contributed by atoms with Gasteiger partial charge in [-0.15, -0.1) is 0 Å². The van der Waals surface area contributed by atoms with Crippen molar-refractivity contribution in [2.45, 2.75) is 42.6 Å². The Morgan fingerprint density at radius 2 is 1.82 bits per heavy atom. The molecule has 5 nitrogen and oxygen atoms in total. The predicted molar refractivity (Wildman–Crippen MR) is 63.4 cm³/mol. The highest BCUT2D eigenvalue weighted by atomic mass is 35.6. The van der Waals surface area contributed by atoms with Crippen LogP contribution in [0.1, 0.15) is 26.2 Å². The van der Waals surface area contributed by atoms with E-state index in [-0.39, 0.29) is 0 Å². The number of carbonyl (C=O) groups excluding carboxylic acids is 1. The quantitative estimate of drug-likeness (QED) is 0.369. The molecule has 1 saturated heterocycles. The molecule has 0 saturated carbocycles. The molecule has 17 heavy (non-hydrogen) atoms. The van der Waals surface area contributed by atoms with Crippen LogP contribution in [0.15, 0.2) is 0 Å². The average Bonchev–Trinajstić information content (AvgIpc) is 2.15. The van der Waals surface area contributed by atoms with Crippen molar-refractivity contribution in [3.8, 4) is 0 Å². The molecule has 0 bridgehead atoms. The van der Waals surface area contributed by atoms with Crippen LogP contribution in [0.3, 0.4) is 0 Å². The minimum atomic E-state index is -1.92. The number of esters is 1. The molecule has 1 fully saturated rings. The lowest BCUT2D eigenvalue weighted by Crippen LogP contribution is -2.36. The highest BCUT2D eigenvalue weighted by Crippen LogP contribution is 2.30. The Morgan fingerprint density at radius 1 is 1.29 bits per heavy atom. The van der Waals surface area contributed by atoms with Crippen LogP contribution >= 0.6 is 34.8 Å². The van der Waals surface area contributed by atoms with E-state index in [1.807, 2.05) is 0 Å². The Bertz CT molecular complexity index is 305. The van der Waals surface area contributed by atoms with Gasteiger partial charge in [0.1, 0.15) is 0 Å². The first-order valence-corrected chi connectivity index (χ1v) is 6.07. The molecule has 1 rings (SSSR count). The maximum atomic E-state index is 10.8. The summed E-state index contributed by atoms with van der Waals surface area (Å²) in [6.07, 6.45) is 0.447. The molecule has 1 aliphatic rings. The highest BCUT2D eigenvalue weighted by Gasteiger charge is 2.33. The van der Waals surface area contributed by atoms with Crippen LogP contribution in [0.2, 0.25) is 0 Å². The molecule has 8 heteroatoms. The van der Waals surface area contributed by atoms with Crippen molar-refractivity contribution in [1.29, 1.82) is 5.41 Å². The number of ether oxygens (including phenoxy) is 3. The Balaban J connectivity index is 2.45. The Labute approximate surface area is 114 Å². The zero-order valence-corrected chi connectivity index (χ0v) is 11.3. The topological polar surface area (TPSA) is 68.6 Å². The number of hydrogen-bond acceptors (Lipinski definition) is 5. The largest absolute Gasteiger partial charge is 0.448 e. The molecule has 1 aliphatic heterocycles. The molecule has 98 valence electrons. The van der Waals surface area contributed by atoms with Crippen LogP contribution in [0.4, 0.5) is 0 Å². The van der Waals surface area contributed by atoms with Crippen molar-refractivity contribution in [3.63, 3.8) is 0 Å². The number of halogens is 3. The van der Waals surface area contributed by atoms with E-state index >= 15 is 0 Å². The van der Waals surface area contributed by atoms with E-state index in [0.29, 0.717) is 12.8 Å². The van der Waals surface area contributed by atoms with E-state index in [0.717, 1.165) is 6.42 Å². The average molecular weight is 305 g/mol. The minimum Gasteiger partial charge on any atom is -0.448 e. The number of alkyl halides is 3. The van der Waals surface area contributed by atoms with Gasteiger partial charge in [-0.2, -0.15) is 0 Å². The lowest BCUT2D eigenvalue weighted by Gasteiger charge is -2.30. The molecule has 2 atom stereocenters. The summed E-state index contributed by atoms with van der Waals surface area (Å²) in [7, 11) is 0. The van der Waals surface area contributed by atoms with Crippen LogP contribution in [-0.2, 0) is 19.0 Å². The van der Waals surface area contributed by atoms with Crippen LogP contribution in [0.5, 0.6) is 0 Å². The fourth-order valence-electron chi connectivity index (χ4n) is 1.31. The van der Waals surface area contributed by atoms with E-state index in [1.165, 1.54) is 6.92 Å². The summed E-state index contributed by atoms with van der Waals surface area (Å²) < 4.78 is 13.3. The van der Waals surface area contributed by atoms with Crippen LogP contribution < -0.4 is 0 Å². The molecule has 0 aromatic heterocycles. The summed E-state index contributed by atoms with van der Waals surface area (Å²) in [6, 6.07) is 0. The zero-order valence-electron chi connectivity index (χ0n) is 9.04. The number of nitrogens with one attached hydrogen (secondary N) is 1. The van der Waals surface area contributed by atoms with Crippen LogP contribution in [0, 0.1) is 5.41 Å². The maximum absolute atomic E-state index is 10.8. The molecule has 0 spiro atoms. The third kappa shape index (κ3) is 5.29. The monoisotopic (exact) mass is 303 g/mol. The van der Waals surface area contributed by atoms with Crippen molar-refractivity contribution in [2.75, 3.05) is 0 Å². The van der Waals surface area contributed by atoms with E-state index < -0.39 is 28.2 Å². The normalized spacial score (nSPS) is 25.2. The van der Waals surface area contributed by atoms with Gasteiger partial charge in [-0.25, -0.2) is 0 Å². The Hall–Kier alpha value is -0.230. The molecule has 1 unspecified atom stereocenters. The lowest BCUT2D eigenvalue weighted by atomic mass is 10.2. The SMILES string of the molecule is CC(=O)OC1CCC[C@H](OC(=N)C(Cl)(Cl)Cl)O1. The summed E-state index contributed by atoms with van der Waals surface area (Å²) in [5.41, 5.74) is 0. The van der Waals surface area contributed by atoms with E-state index in [2.05, 4.69) is 0 Å². The third-order valence-electron chi connectivity index (χ3n) is 1.99. The molecule has 0 amide bonds. The summed E-state index contributed by atoms with van der Waals surface area (Å²) >= 11 is 16.4. The molecule has 1 heterocycles. The smallest absolute Gasteiger partial charge is 0.304 e. The van der Waals surface area contributed by atoms with E-state index in [4.69, 9.17) is 54.4 Å². The molecule has 0 aromatic rings. The van der Waals surface area contributed by atoms with Crippen molar-refractivity contribution >= 4 is 46.7 Å². The second kappa shape index (κ2) is 6.09. The van der Waals surface area contributed by atoms with Gasteiger partial charge in [-0.3, -0.25) is 10.2 Å². The van der Waals surface area contributed by atoms with Gasteiger partial charge in [0, 0.05) is 19.8 Å². The van der Waals surface area contributed by atoms with Gasteiger partial charge in [0.2, 0.25) is 18.5 Å². The lowest BCUT2D eigenvalue weighted by molar-refractivity contribution is -0.240. The Kier molecular flexibility index (Phi) is 5.31. The van der Waals surface area contributed by atoms with Gasteiger partial charge >= 0.3 is 5.97 Å². The van der Waals surface area contributed by atoms with E-state index in [1.54, 1.807) is 0 Å². The molecular formula is C9H12Cl3NO4. The predicted octanol–water partition coefficient (Wildman–Crippen LogP) is 2.77. The fourth-order valence-corrected chi connectivity index (χ4v) is 1.45. The molecule has 1 N–H and O–H groups in total. The van der Waals surface area contributed by atoms with Crippen molar-refractivity contribution < 1.29 is 19.0 Å². The van der Waals surface area contributed by atoms with Gasteiger partial charge in [0.25, 0.3) is 3.79 Å². The number of carbonyl (C=O) groups is 1. The maximum Gasteiger partial charge on any atom is 0.304 e. The fraction of sp³-hybridized carbons (Fsp3) is 0.778. The first kappa shape index (κ1) is 14.8. The van der Waals surface area contributed by atoms with Crippen molar-refractivity contribution in [2.24, 2.45) is 0 Å². The highest BCUT2D eigenvalue weighted by molar-refractivity contribution is 6.76. The molecule has 0 aromatic carbocycles. The van der Waals surface area contributed by atoms with Gasteiger partial charge < -0.3 is 14.2 Å². The minimum absolute atomic E-state index is 0.438. The number of rotatable bonds is 2. The van der Waals surface area contributed by atoms with E-state index in [9.17, 15) is 4.79 Å². The standard InChI is InChI=1S/C9H12Cl3NO4/c1-5(14)15-6-3-2-4-7(16-6)17-8(13)9(10,11)12/h6-7,13H,2-4H2,1H3/t6?,7-/m0/s1. The third-order valence-corrected chi connectivity index (χ3v) is 2.50. The second-order valence-corrected chi connectivity index (χ2v) is 5.76. The molecule has 0 aliphatic carbocycles. The molecular weight excluding hydrogens is 292 g/mol. The molecule has 0 radical (unpaired) electrons. The summed E-state index contributed by atoms with van der Waals surface area (Å²) in [4.78, 5) is 10.8. The van der Waals surface area contributed by atoms with Gasteiger partial charge in [-0.05, 0) is 6.42 Å². The second-order valence-electron chi connectivity index (χ2n) is 3.48. The summed E-state index contributed by atoms with van der Waals surface area (Å²) in [5.74, 6) is -0.955.